The second-order valence-corrected chi connectivity index (χ2v) is 8.13. The van der Waals surface area contributed by atoms with Crippen molar-refractivity contribution in [3.05, 3.63) is 64.5 Å². The number of fused-ring (bicyclic) bond motifs is 1. The number of hydrogen-bond acceptors (Lipinski definition) is 4. The van der Waals surface area contributed by atoms with E-state index < -0.39 is 0 Å². The van der Waals surface area contributed by atoms with Crippen molar-refractivity contribution in [3.63, 3.8) is 0 Å². The Morgan fingerprint density at radius 2 is 2.11 bits per heavy atom. The zero-order valence-corrected chi connectivity index (χ0v) is 16.1. The van der Waals surface area contributed by atoms with Crippen LogP contribution in [-0.4, -0.2) is 30.1 Å². The Hall–Kier alpha value is -2.24. The largest absolute Gasteiger partial charge is 0.379 e. The van der Waals surface area contributed by atoms with E-state index >= 15 is 0 Å². The number of aromatic nitrogens is 1. The van der Waals surface area contributed by atoms with Crippen LogP contribution in [0.25, 0.3) is 10.9 Å². The molecule has 0 aliphatic carbocycles. The average Bonchev–Trinajstić information content (AvgIpc) is 3.35. The molecular weight excluding hydrogens is 356 g/mol. The molecule has 27 heavy (non-hydrogen) atoms. The summed E-state index contributed by atoms with van der Waals surface area (Å²) in [6.45, 7) is 1.29. The van der Waals surface area contributed by atoms with Crippen LogP contribution in [0.1, 0.15) is 23.3 Å². The molecule has 4 rings (SSSR count). The number of hydrogen-bond donors (Lipinski definition) is 1. The summed E-state index contributed by atoms with van der Waals surface area (Å²) in [6.07, 6.45) is 5.19. The summed E-state index contributed by atoms with van der Waals surface area (Å²) in [5, 5.41) is 6.47. The molecule has 3 heterocycles. The fourth-order valence-electron chi connectivity index (χ4n) is 3.73. The number of benzene rings is 1. The summed E-state index contributed by atoms with van der Waals surface area (Å²) in [7, 11) is 0. The Morgan fingerprint density at radius 3 is 3.00 bits per heavy atom. The highest BCUT2D eigenvalue weighted by Gasteiger charge is 2.29. The number of para-hydroxylation sites is 1. The lowest BCUT2D eigenvalue weighted by atomic mass is 9.93. The van der Waals surface area contributed by atoms with Crippen molar-refractivity contribution in [1.29, 1.82) is 0 Å². The molecule has 1 amide bonds. The van der Waals surface area contributed by atoms with Crippen LogP contribution < -0.4 is 5.32 Å². The molecule has 140 valence electrons. The molecule has 1 N–H and O–H groups in total. The van der Waals surface area contributed by atoms with E-state index in [0.29, 0.717) is 25.6 Å². The Bertz CT molecular complexity index is 889. The topological polar surface area (TPSA) is 51.2 Å². The number of amides is 1. The summed E-state index contributed by atoms with van der Waals surface area (Å²) in [6, 6.07) is 14.6. The van der Waals surface area contributed by atoms with Crippen LogP contribution in [0.3, 0.4) is 0 Å². The fraction of sp³-hybridized carbons (Fsp3) is 0.364. The van der Waals surface area contributed by atoms with E-state index in [4.69, 9.17) is 4.74 Å². The van der Waals surface area contributed by atoms with Crippen molar-refractivity contribution < 1.29 is 9.53 Å². The maximum absolute atomic E-state index is 12.4. The average molecular weight is 381 g/mol. The molecule has 0 radical (unpaired) electrons. The van der Waals surface area contributed by atoms with Gasteiger partial charge in [-0.2, -0.15) is 0 Å². The lowest BCUT2D eigenvalue weighted by Gasteiger charge is -2.20. The quantitative estimate of drug-likeness (QED) is 0.674. The molecule has 4 nitrogen and oxygen atoms in total. The van der Waals surface area contributed by atoms with Gasteiger partial charge in [-0.25, -0.2) is 0 Å². The number of ether oxygens (including phenoxy) is 1. The predicted octanol–water partition coefficient (Wildman–Crippen LogP) is 3.99. The first-order valence-electron chi connectivity index (χ1n) is 9.52. The Kier molecular flexibility index (Phi) is 5.80. The van der Waals surface area contributed by atoms with Crippen LogP contribution in [0, 0.1) is 5.92 Å². The zero-order chi connectivity index (χ0) is 18.5. The maximum Gasteiger partial charge on any atom is 0.220 e. The smallest absolute Gasteiger partial charge is 0.220 e. The maximum atomic E-state index is 12.4. The molecule has 1 saturated heterocycles. The van der Waals surface area contributed by atoms with Gasteiger partial charge < -0.3 is 10.1 Å². The van der Waals surface area contributed by atoms with Crippen LogP contribution >= 0.6 is 11.3 Å². The van der Waals surface area contributed by atoms with Gasteiger partial charge in [0.1, 0.15) is 0 Å². The van der Waals surface area contributed by atoms with Crippen molar-refractivity contribution in [1.82, 2.24) is 10.3 Å². The SMILES string of the molecule is O=C(CCCc1cccs1)NC1COCC1Cc1ccnc2ccccc12. The Balaban J connectivity index is 1.34. The van der Waals surface area contributed by atoms with Crippen molar-refractivity contribution >= 4 is 28.1 Å². The highest BCUT2D eigenvalue weighted by Crippen LogP contribution is 2.24. The van der Waals surface area contributed by atoms with Gasteiger partial charge in [0, 0.05) is 28.8 Å². The minimum absolute atomic E-state index is 0.0890. The van der Waals surface area contributed by atoms with Crippen molar-refractivity contribution in [2.45, 2.75) is 31.7 Å². The second kappa shape index (κ2) is 8.63. The molecule has 1 aliphatic rings. The number of rotatable bonds is 7. The van der Waals surface area contributed by atoms with E-state index in [1.54, 1.807) is 11.3 Å². The number of pyridine rings is 1. The highest BCUT2D eigenvalue weighted by atomic mass is 32.1. The lowest BCUT2D eigenvalue weighted by molar-refractivity contribution is -0.122. The zero-order valence-electron chi connectivity index (χ0n) is 15.3. The third kappa shape index (κ3) is 4.54. The van der Waals surface area contributed by atoms with Gasteiger partial charge in [0.05, 0.1) is 24.8 Å². The molecule has 5 heteroatoms. The number of nitrogens with one attached hydrogen (secondary N) is 1. The first kappa shape index (κ1) is 18.1. The van der Waals surface area contributed by atoms with Gasteiger partial charge in [-0.15, -0.1) is 11.3 Å². The van der Waals surface area contributed by atoms with Gasteiger partial charge >= 0.3 is 0 Å². The Labute approximate surface area is 163 Å². The van der Waals surface area contributed by atoms with Crippen LogP contribution in [0.5, 0.6) is 0 Å². The van der Waals surface area contributed by atoms with Crippen LogP contribution in [0.4, 0.5) is 0 Å². The van der Waals surface area contributed by atoms with Crippen molar-refractivity contribution in [2.24, 2.45) is 5.92 Å². The molecular formula is C22H24N2O2S. The van der Waals surface area contributed by atoms with Crippen molar-refractivity contribution in [2.75, 3.05) is 13.2 Å². The highest BCUT2D eigenvalue weighted by molar-refractivity contribution is 7.09. The fourth-order valence-corrected chi connectivity index (χ4v) is 4.48. The monoisotopic (exact) mass is 380 g/mol. The molecule has 0 saturated carbocycles. The lowest BCUT2D eigenvalue weighted by Crippen LogP contribution is -2.40. The molecule has 1 fully saturated rings. The number of thiophene rings is 1. The molecule has 1 aromatic carbocycles. The molecule has 0 bridgehead atoms. The number of nitrogens with zero attached hydrogens (tertiary/aromatic N) is 1. The third-order valence-corrected chi connectivity index (χ3v) is 6.11. The summed E-state index contributed by atoms with van der Waals surface area (Å²) in [5.74, 6) is 0.434. The molecule has 3 aromatic rings. The van der Waals surface area contributed by atoms with Crippen molar-refractivity contribution in [3.8, 4) is 0 Å². The molecule has 2 unspecified atom stereocenters. The number of carbonyl (C=O) groups excluding carboxylic acids is 1. The molecule has 1 aliphatic heterocycles. The van der Waals surface area contributed by atoms with E-state index in [9.17, 15) is 4.79 Å². The molecule has 0 spiro atoms. The van der Waals surface area contributed by atoms with Gasteiger partial charge in [-0.3, -0.25) is 9.78 Å². The standard InChI is InChI=1S/C22H24N2O2S/c25-22(9-3-5-18-6-4-12-27-18)24-21-15-26-14-17(21)13-16-10-11-23-20-8-2-1-7-19(16)20/h1-2,4,6-8,10-12,17,21H,3,5,9,13-15H2,(H,24,25). The molecule has 2 atom stereocenters. The van der Waals surface area contributed by atoms with Gasteiger partial charge in [0.25, 0.3) is 0 Å². The minimum Gasteiger partial charge on any atom is -0.379 e. The first-order valence-corrected chi connectivity index (χ1v) is 10.4. The minimum atomic E-state index is 0.0890. The third-order valence-electron chi connectivity index (χ3n) is 5.17. The number of aryl methyl sites for hydroxylation is 1. The van der Waals surface area contributed by atoms with Crippen LogP contribution in [0.15, 0.2) is 54.0 Å². The van der Waals surface area contributed by atoms with E-state index in [1.165, 1.54) is 15.8 Å². The summed E-state index contributed by atoms with van der Waals surface area (Å²) >= 11 is 1.75. The summed E-state index contributed by atoms with van der Waals surface area (Å²) in [4.78, 5) is 18.1. The molecule has 2 aromatic heterocycles. The van der Waals surface area contributed by atoms with E-state index in [2.05, 4.69) is 39.9 Å². The normalized spacial score (nSPS) is 19.4. The Morgan fingerprint density at radius 1 is 1.19 bits per heavy atom. The van der Waals surface area contributed by atoms with E-state index in [0.717, 1.165) is 24.8 Å². The van der Waals surface area contributed by atoms with Gasteiger partial charge in [-0.05, 0) is 48.4 Å². The van der Waals surface area contributed by atoms with E-state index in [1.807, 2.05) is 24.4 Å². The first-order chi connectivity index (χ1) is 13.3. The van der Waals surface area contributed by atoms with Gasteiger partial charge in [0.2, 0.25) is 5.91 Å². The van der Waals surface area contributed by atoms with E-state index in [-0.39, 0.29) is 11.9 Å². The van der Waals surface area contributed by atoms with Crippen LogP contribution in [-0.2, 0) is 22.4 Å². The summed E-state index contributed by atoms with van der Waals surface area (Å²) < 4.78 is 5.69. The van der Waals surface area contributed by atoms with Gasteiger partial charge in [-0.1, -0.05) is 24.3 Å². The van der Waals surface area contributed by atoms with Crippen LogP contribution in [0.2, 0.25) is 0 Å². The summed E-state index contributed by atoms with van der Waals surface area (Å²) in [5.41, 5.74) is 2.29. The predicted molar refractivity (Wildman–Crippen MR) is 109 cm³/mol. The second-order valence-electron chi connectivity index (χ2n) is 7.10. The number of carbonyl (C=O) groups is 1. The van der Waals surface area contributed by atoms with Gasteiger partial charge in [0.15, 0.2) is 0 Å².